The van der Waals surface area contributed by atoms with Gasteiger partial charge in [0.1, 0.15) is 17.4 Å². The molecule has 0 aliphatic carbocycles. The molecule has 4 aromatic rings. The van der Waals surface area contributed by atoms with E-state index in [0.29, 0.717) is 34.3 Å². The molecule has 0 fully saturated rings. The molecule has 0 saturated heterocycles. The first kappa shape index (κ1) is 22.8. The molecule has 0 spiro atoms. The van der Waals surface area contributed by atoms with Crippen molar-refractivity contribution in [2.75, 3.05) is 11.9 Å². The Morgan fingerprint density at radius 2 is 1.79 bits per heavy atom. The summed E-state index contributed by atoms with van der Waals surface area (Å²) in [6, 6.07) is 25.8. The summed E-state index contributed by atoms with van der Waals surface area (Å²) < 4.78 is 7.14. The maximum absolute atomic E-state index is 12.9. The van der Waals surface area contributed by atoms with Gasteiger partial charge in [-0.15, -0.1) is 0 Å². The van der Waals surface area contributed by atoms with Gasteiger partial charge in [-0.2, -0.15) is 10.4 Å². The minimum atomic E-state index is -0.513. The number of rotatable bonds is 7. The quantitative estimate of drug-likeness (QED) is 0.261. The van der Waals surface area contributed by atoms with Crippen LogP contribution >= 0.6 is 11.6 Å². The lowest BCUT2D eigenvalue weighted by Gasteiger charge is -2.06. The van der Waals surface area contributed by atoms with E-state index >= 15 is 0 Å². The molecule has 0 aliphatic rings. The summed E-state index contributed by atoms with van der Waals surface area (Å²) in [6.45, 7) is 2.46. The monoisotopic (exact) mass is 468 g/mol. The molecule has 0 saturated carbocycles. The standard InChI is InChI=1S/C27H21ClN4O2/c1-2-34-25-14-12-23(13-15-25)30-27(33)20(17-29)16-21-18-32(24-6-4-3-5-7-24)31-26(21)19-8-10-22(28)11-9-19/h3-16,18H,2H2,1H3,(H,30,33). The molecule has 7 heteroatoms. The van der Waals surface area contributed by atoms with Gasteiger partial charge in [0.2, 0.25) is 0 Å². The molecular weight excluding hydrogens is 448 g/mol. The molecule has 0 atom stereocenters. The Bertz CT molecular complexity index is 1350. The van der Waals surface area contributed by atoms with Crippen molar-refractivity contribution in [1.29, 1.82) is 5.26 Å². The summed E-state index contributed by atoms with van der Waals surface area (Å²) >= 11 is 6.05. The Labute approximate surface area is 202 Å². The minimum absolute atomic E-state index is 0.0447. The van der Waals surface area contributed by atoms with Crippen molar-refractivity contribution in [1.82, 2.24) is 9.78 Å². The summed E-state index contributed by atoms with van der Waals surface area (Å²) in [4.78, 5) is 12.9. The smallest absolute Gasteiger partial charge is 0.266 e. The van der Waals surface area contributed by atoms with Crippen molar-refractivity contribution in [3.05, 3.63) is 101 Å². The molecule has 168 valence electrons. The highest BCUT2D eigenvalue weighted by molar-refractivity contribution is 6.30. The van der Waals surface area contributed by atoms with Crippen LogP contribution in [0.2, 0.25) is 5.02 Å². The van der Waals surface area contributed by atoms with E-state index in [9.17, 15) is 10.1 Å². The number of carbonyl (C=O) groups excluding carboxylic acids is 1. The largest absolute Gasteiger partial charge is 0.494 e. The van der Waals surface area contributed by atoms with Crippen molar-refractivity contribution in [3.8, 4) is 28.8 Å². The summed E-state index contributed by atoms with van der Waals surface area (Å²) in [5.74, 6) is 0.193. The Balaban J connectivity index is 1.68. The van der Waals surface area contributed by atoms with Gasteiger partial charge in [-0.3, -0.25) is 4.79 Å². The number of carbonyl (C=O) groups is 1. The average molecular weight is 469 g/mol. The molecule has 6 nitrogen and oxygen atoms in total. The molecule has 0 bridgehead atoms. The van der Waals surface area contributed by atoms with Gasteiger partial charge < -0.3 is 10.1 Å². The Morgan fingerprint density at radius 3 is 2.44 bits per heavy atom. The lowest BCUT2D eigenvalue weighted by atomic mass is 10.1. The zero-order valence-corrected chi connectivity index (χ0v) is 19.2. The lowest BCUT2D eigenvalue weighted by Crippen LogP contribution is -2.13. The number of hydrogen-bond acceptors (Lipinski definition) is 4. The maximum atomic E-state index is 12.9. The number of para-hydroxylation sites is 1. The van der Waals surface area contributed by atoms with Gasteiger partial charge >= 0.3 is 0 Å². The highest BCUT2D eigenvalue weighted by atomic mass is 35.5. The van der Waals surface area contributed by atoms with Crippen LogP contribution in [-0.2, 0) is 4.79 Å². The third-order valence-electron chi connectivity index (χ3n) is 4.97. The van der Waals surface area contributed by atoms with Crippen LogP contribution in [-0.4, -0.2) is 22.3 Å². The van der Waals surface area contributed by atoms with Crippen LogP contribution in [0.15, 0.2) is 90.6 Å². The van der Waals surface area contributed by atoms with Crippen LogP contribution in [0.3, 0.4) is 0 Å². The molecule has 1 N–H and O–H groups in total. The molecule has 34 heavy (non-hydrogen) atoms. The second-order valence-corrected chi connectivity index (χ2v) is 7.74. The van der Waals surface area contributed by atoms with Gasteiger partial charge in [0.15, 0.2) is 0 Å². The van der Waals surface area contributed by atoms with Crippen molar-refractivity contribution in [2.45, 2.75) is 6.92 Å². The Kier molecular flexibility index (Phi) is 7.07. The number of amides is 1. The molecular formula is C27H21ClN4O2. The number of halogens is 1. The third-order valence-corrected chi connectivity index (χ3v) is 5.22. The summed E-state index contributed by atoms with van der Waals surface area (Å²) in [6.07, 6.45) is 3.33. The molecule has 3 aromatic carbocycles. The lowest BCUT2D eigenvalue weighted by molar-refractivity contribution is -0.112. The van der Waals surface area contributed by atoms with Crippen LogP contribution in [0.4, 0.5) is 5.69 Å². The highest BCUT2D eigenvalue weighted by Crippen LogP contribution is 2.27. The molecule has 1 amide bonds. The normalized spacial score (nSPS) is 11.0. The molecule has 1 aromatic heterocycles. The van der Waals surface area contributed by atoms with Gasteiger partial charge in [-0.05, 0) is 61.5 Å². The number of ether oxygens (including phenoxy) is 1. The Morgan fingerprint density at radius 1 is 1.09 bits per heavy atom. The molecule has 1 heterocycles. The second-order valence-electron chi connectivity index (χ2n) is 7.30. The maximum Gasteiger partial charge on any atom is 0.266 e. The first-order valence-electron chi connectivity index (χ1n) is 10.6. The number of nitrogens with zero attached hydrogens (tertiary/aromatic N) is 3. The molecule has 0 unspecified atom stereocenters. The third kappa shape index (κ3) is 5.34. The van der Waals surface area contributed by atoms with Crippen molar-refractivity contribution >= 4 is 29.3 Å². The van der Waals surface area contributed by atoms with E-state index < -0.39 is 5.91 Å². The second kappa shape index (κ2) is 10.5. The number of nitrogens with one attached hydrogen (secondary N) is 1. The van der Waals surface area contributed by atoms with Crippen LogP contribution in [0.1, 0.15) is 12.5 Å². The minimum Gasteiger partial charge on any atom is -0.494 e. The Hall–Kier alpha value is -4.34. The van der Waals surface area contributed by atoms with E-state index in [4.69, 9.17) is 21.4 Å². The van der Waals surface area contributed by atoms with Gasteiger partial charge in [-0.25, -0.2) is 4.68 Å². The van der Waals surface area contributed by atoms with Crippen molar-refractivity contribution in [2.24, 2.45) is 0 Å². The summed E-state index contributed by atoms with van der Waals surface area (Å²) in [5.41, 5.74) is 3.44. The molecule has 0 aliphatic heterocycles. The van der Waals surface area contributed by atoms with Crippen LogP contribution < -0.4 is 10.1 Å². The van der Waals surface area contributed by atoms with E-state index in [1.807, 2.05) is 55.5 Å². The zero-order chi connectivity index (χ0) is 23.9. The van der Waals surface area contributed by atoms with Crippen LogP contribution in [0.25, 0.3) is 23.0 Å². The van der Waals surface area contributed by atoms with Gasteiger partial charge in [0.05, 0.1) is 18.0 Å². The van der Waals surface area contributed by atoms with E-state index in [-0.39, 0.29) is 5.57 Å². The SMILES string of the molecule is CCOc1ccc(NC(=O)C(C#N)=Cc2cn(-c3ccccc3)nc2-c2ccc(Cl)cc2)cc1. The van der Waals surface area contributed by atoms with E-state index in [1.165, 1.54) is 0 Å². The van der Waals surface area contributed by atoms with Crippen molar-refractivity contribution < 1.29 is 9.53 Å². The fourth-order valence-electron chi connectivity index (χ4n) is 3.34. The topological polar surface area (TPSA) is 79.9 Å². The first-order chi connectivity index (χ1) is 16.6. The number of aromatic nitrogens is 2. The summed E-state index contributed by atoms with van der Waals surface area (Å²) in [7, 11) is 0. The van der Waals surface area contributed by atoms with E-state index in [1.54, 1.807) is 53.4 Å². The first-order valence-corrected chi connectivity index (χ1v) is 11.0. The fourth-order valence-corrected chi connectivity index (χ4v) is 3.47. The number of hydrogen-bond donors (Lipinski definition) is 1. The van der Waals surface area contributed by atoms with Crippen LogP contribution in [0, 0.1) is 11.3 Å². The van der Waals surface area contributed by atoms with Gasteiger partial charge in [0, 0.05) is 28.0 Å². The highest BCUT2D eigenvalue weighted by Gasteiger charge is 2.15. The van der Waals surface area contributed by atoms with E-state index in [2.05, 4.69) is 5.32 Å². The zero-order valence-electron chi connectivity index (χ0n) is 18.4. The molecule has 0 radical (unpaired) electrons. The number of benzene rings is 3. The van der Waals surface area contributed by atoms with Crippen molar-refractivity contribution in [3.63, 3.8) is 0 Å². The predicted molar refractivity (Wildman–Crippen MR) is 134 cm³/mol. The van der Waals surface area contributed by atoms with Gasteiger partial charge in [0.25, 0.3) is 5.91 Å². The number of anilines is 1. The van der Waals surface area contributed by atoms with Gasteiger partial charge in [-0.1, -0.05) is 41.9 Å². The van der Waals surface area contributed by atoms with Crippen LogP contribution in [0.5, 0.6) is 5.75 Å². The predicted octanol–water partition coefficient (Wildman–Crippen LogP) is 6.14. The van der Waals surface area contributed by atoms with E-state index in [0.717, 1.165) is 11.3 Å². The average Bonchev–Trinajstić information content (AvgIpc) is 3.29. The fraction of sp³-hybridized carbons (Fsp3) is 0.0741. The summed E-state index contributed by atoms with van der Waals surface area (Å²) in [5, 5.41) is 17.8. The molecule has 4 rings (SSSR count). The number of nitriles is 1.